The number of ether oxygens (including phenoxy) is 1. The molecule has 0 heterocycles. The standard InChI is InChI=1S/C23H21O7P/c1-17(24)28-20-12-14-22(15-13-20)30-31(26,27)29-21-10-7-18(8-11-21)9-16-23(25)19-5-3-2-4-6-19/h2-8,10-15H,9,16H2,1H3,(H,26,27). The van der Waals surface area contributed by atoms with Crippen LogP contribution in [0.15, 0.2) is 78.9 Å². The van der Waals surface area contributed by atoms with Gasteiger partial charge in [-0.3, -0.25) is 14.5 Å². The summed E-state index contributed by atoms with van der Waals surface area (Å²) in [5, 5.41) is 0. The fraction of sp³-hybridized carbons (Fsp3) is 0.130. The van der Waals surface area contributed by atoms with Crippen LogP contribution in [0, 0.1) is 0 Å². The van der Waals surface area contributed by atoms with Crippen LogP contribution >= 0.6 is 7.82 Å². The second kappa shape index (κ2) is 10.1. The summed E-state index contributed by atoms with van der Waals surface area (Å²) in [6.07, 6.45) is 0.894. The Morgan fingerprint density at radius 1 is 0.806 bits per heavy atom. The summed E-state index contributed by atoms with van der Waals surface area (Å²) in [7, 11) is -4.43. The highest BCUT2D eigenvalue weighted by atomic mass is 31.2. The molecular formula is C23H21O7P. The molecule has 31 heavy (non-hydrogen) atoms. The molecule has 1 atom stereocenters. The molecular weight excluding hydrogens is 419 g/mol. The van der Waals surface area contributed by atoms with Crippen LogP contribution in [0.4, 0.5) is 0 Å². The van der Waals surface area contributed by atoms with Crippen LogP contribution < -0.4 is 13.8 Å². The number of esters is 1. The maximum atomic E-state index is 12.3. The number of ketones is 1. The number of hydrogen-bond donors (Lipinski definition) is 1. The van der Waals surface area contributed by atoms with Crippen LogP contribution in [-0.4, -0.2) is 16.6 Å². The van der Waals surface area contributed by atoms with E-state index in [9.17, 15) is 19.0 Å². The second-order valence-corrected chi connectivity index (χ2v) is 7.95. The molecule has 3 aromatic carbocycles. The van der Waals surface area contributed by atoms with Gasteiger partial charge in [0, 0.05) is 18.9 Å². The summed E-state index contributed by atoms with van der Waals surface area (Å²) < 4.78 is 27.3. The van der Waals surface area contributed by atoms with Crippen molar-refractivity contribution in [1.82, 2.24) is 0 Å². The van der Waals surface area contributed by atoms with E-state index in [-0.39, 0.29) is 23.0 Å². The average Bonchev–Trinajstić information content (AvgIpc) is 2.74. The number of hydrogen-bond acceptors (Lipinski definition) is 6. The van der Waals surface area contributed by atoms with E-state index in [0.29, 0.717) is 18.4 Å². The summed E-state index contributed by atoms with van der Waals surface area (Å²) in [6, 6.07) is 21.2. The summed E-state index contributed by atoms with van der Waals surface area (Å²) in [6.45, 7) is 1.27. The molecule has 0 aliphatic carbocycles. The van der Waals surface area contributed by atoms with Gasteiger partial charge in [-0.2, -0.15) is 0 Å². The normalized spacial score (nSPS) is 12.5. The molecule has 0 saturated carbocycles. The molecule has 0 fully saturated rings. The van der Waals surface area contributed by atoms with Gasteiger partial charge in [0.1, 0.15) is 17.2 Å². The highest BCUT2D eigenvalue weighted by Gasteiger charge is 2.25. The lowest BCUT2D eigenvalue weighted by molar-refractivity contribution is -0.131. The predicted molar refractivity (Wildman–Crippen MR) is 114 cm³/mol. The van der Waals surface area contributed by atoms with E-state index in [1.165, 1.54) is 31.2 Å². The number of Topliss-reactive ketones (excluding diaryl/α,β-unsaturated/α-hetero) is 1. The third-order valence-electron chi connectivity index (χ3n) is 4.19. The lowest BCUT2D eigenvalue weighted by Gasteiger charge is -2.14. The summed E-state index contributed by atoms with van der Waals surface area (Å²) in [5.41, 5.74) is 1.56. The molecule has 0 amide bonds. The first-order valence-electron chi connectivity index (χ1n) is 9.48. The molecule has 8 heteroatoms. The van der Waals surface area contributed by atoms with Gasteiger partial charge in [0.15, 0.2) is 5.78 Å². The number of carbonyl (C=O) groups excluding carboxylic acids is 2. The van der Waals surface area contributed by atoms with Crippen molar-refractivity contribution in [3.63, 3.8) is 0 Å². The Kier molecular flexibility index (Phi) is 7.23. The van der Waals surface area contributed by atoms with Gasteiger partial charge in [-0.1, -0.05) is 42.5 Å². The van der Waals surface area contributed by atoms with Crippen molar-refractivity contribution < 1.29 is 32.8 Å². The van der Waals surface area contributed by atoms with Crippen LogP contribution in [0.3, 0.4) is 0 Å². The Balaban J connectivity index is 1.54. The van der Waals surface area contributed by atoms with E-state index < -0.39 is 13.8 Å². The van der Waals surface area contributed by atoms with Gasteiger partial charge < -0.3 is 13.8 Å². The van der Waals surface area contributed by atoms with E-state index >= 15 is 0 Å². The molecule has 160 valence electrons. The minimum Gasteiger partial charge on any atom is -0.427 e. The lowest BCUT2D eigenvalue weighted by Crippen LogP contribution is -2.02. The molecule has 3 rings (SSSR count). The Morgan fingerprint density at radius 3 is 1.87 bits per heavy atom. The number of carbonyl (C=O) groups is 2. The van der Waals surface area contributed by atoms with E-state index in [0.717, 1.165) is 5.56 Å². The lowest BCUT2D eigenvalue weighted by atomic mass is 10.0. The molecule has 3 aromatic rings. The van der Waals surface area contributed by atoms with Gasteiger partial charge >= 0.3 is 13.8 Å². The summed E-state index contributed by atoms with van der Waals surface area (Å²) in [5.74, 6) is 0.0970. The van der Waals surface area contributed by atoms with Crippen molar-refractivity contribution in [3.8, 4) is 17.2 Å². The molecule has 0 bridgehead atoms. The van der Waals surface area contributed by atoms with Crippen molar-refractivity contribution in [2.45, 2.75) is 19.8 Å². The Hall–Kier alpha value is -3.41. The maximum absolute atomic E-state index is 12.3. The first-order chi connectivity index (χ1) is 14.8. The molecule has 0 aliphatic rings. The molecule has 0 aliphatic heterocycles. The van der Waals surface area contributed by atoms with Crippen molar-refractivity contribution in [2.75, 3.05) is 0 Å². The van der Waals surface area contributed by atoms with Gasteiger partial charge in [-0.25, -0.2) is 4.57 Å². The molecule has 7 nitrogen and oxygen atoms in total. The van der Waals surface area contributed by atoms with Crippen molar-refractivity contribution in [1.29, 1.82) is 0 Å². The number of rotatable bonds is 9. The van der Waals surface area contributed by atoms with E-state index in [2.05, 4.69) is 0 Å². The highest BCUT2D eigenvalue weighted by Crippen LogP contribution is 2.44. The van der Waals surface area contributed by atoms with E-state index in [1.807, 2.05) is 18.2 Å². The van der Waals surface area contributed by atoms with Crippen LogP contribution in [0.25, 0.3) is 0 Å². The minimum atomic E-state index is -4.43. The smallest absolute Gasteiger partial charge is 0.427 e. The summed E-state index contributed by atoms with van der Waals surface area (Å²) in [4.78, 5) is 33.1. The number of phosphoric ester groups is 1. The largest absolute Gasteiger partial charge is 0.584 e. The van der Waals surface area contributed by atoms with E-state index in [4.69, 9.17) is 13.8 Å². The van der Waals surface area contributed by atoms with Crippen LogP contribution in [0.5, 0.6) is 17.2 Å². The first kappa shape index (κ1) is 22.3. The zero-order chi connectivity index (χ0) is 22.3. The quantitative estimate of drug-likeness (QED) is 0.217. The fourth-order valence-corrected chi connectivity index (χ4v) is 3.58. The van der Waals surface area contributed by atoms with Crippen molar-refractivity contribution in [2.24, 2.45) is 0 Å². The predicted octanol–water partition coefficient (Wildman–Crippen LogP) is 4.99. The highest BCUT2D eigenvalue weighted by molar-refractivity contribution is 7.48. The number of aryl methyl sites for hydroxylation is 1. The third kappa shape index (κ3) is 7.10. The monoisotopic (exact) mass is 440 g/mol. The Morgan fingerprint density at radius 2 is 1.32 bits per heavy atom. The SMILES string of the molecule is CC(=O)Oc1ccc(OP(=O)(O)Oc2ccc(CCC(=O)c3ccccc3)cc2)cc1. The van der Waals surface area contributed by atoms with Crippen molar-refractivity contribution in [3.05, 3.63) is 90.0 Å². The number of benzene rings is 3. The zero-order valence-corrected chi connectivity index (χ0v) is 17.7. The Bertz CT molecular complexity index is 1080. The van der Waals surface area contributed by atoms with Crippen LogP contribution in [-0.2, 0) is 15.8 Å². The molecule has 0 saturated heterocycles. The summed E-state index contributed by atoms with van der Waals surface area (Å²) >= 11 is 0. The Labute approximate surface area is 179 Å². The topological polar surface area (TPSA) is 99.1 Å². The fourth-order valence-electron chi connectivity index (χ4n) is 2.76. The molecule has 0 radical (unpaired) electrons. The molecule has 1 unspecified atom stereocenters. The van der Waals surface area contributed by atoms with E-state index in [1.54, 1.807) is 36.4 Å². The van der Waals surface area contributed by atoms with Crippen LogP contribution in [0.2, 0.25) is 0 Å². The first-order valence-corrected chi connectivity index (χ1v) is 11.0. The van der Waals surface area contributed by atoms with Gasteiger partial charge in [0.2, 0.25) is 0 Å². The number of phosphoric acid groups is 1. The zero-order valence-electron chi connectivity index (χ0n) is 16.8. The second-order valence-electron chi connectivity index (χ2n) is 6.65. The third-order valence-corrected chi connectivity index (χ3v) is 5.07. The molecule has 1 N–H and O–H groups in total. The van der Waals surface area contributed by atoms with Gasteiger partial charge in [-0.15, -0.1) is 0 Å². The van der Waals surface area contributed by atoms with Gasteiger partial charge in [0.05, 0.1) is 0 Å². The maximum Gasteiger partial charge on any atom is 0.584 e. The van der Waals surface area contributed by atoms with Crippen molar-refractivity contribution >= 4 is 19.6 Å². The van der Waals surface area contributed by atoms with Crippen LogP contribution in [0.1, 0.15) is 29.3 Å². The molecule has 0 spiro atoms. The average molecular weight is 440 g/mol. The molecule has 0 aromatic heterocycles. The minimum absolute atomic E-state index is 0.0499. The van der Waals surface area contributed by atoms with Gasteiger partial charge in [0.25, 0.3) is 0 Å². The van der Waals surface area contributed by atoms with Gasteiger partial charge in [-0.05, 0) is 48.4 Å².